The first-order valence-electron chi connectivity index (χ1n) is 10.5. The molecule has 2 aliphatic heterocycles. The number of carboxylic acid groups (broad SMARTS) is 1. The van der Waals surface area contributed by atoms with Crippen LogP contribution in [0.4, 0.5) is 4.79 Å². The minimum atomic E-state index is -1.48. The number of amides is 5. The van der Waals surface area contributed by atoms with Crippen molar-refractivity contribution in [3.8, 4) is 0 Å². The van der Waals surface area contributed by atoms with Gasteiger partial charge in [-0.3, -0.25) is 19.2 Å². The Kier molecular flexibility index (Phi) is 8.38. The molecule has 0 aromatic rings. The molecular formula is C19H31N5O8. The van der Waals surface area contributed by atoms with Gasteiger partial charge in [0.15, 0.2) is 0 Å². The highest BCUT2D eigenvalue weighted by Gasteiger charge is 2.44. The number of primary amides is 1. The summed E-state index contributed by atoms with van der Waals surface area (Å²) in [4.78, 5) is 63.9. The van der Waals surface area contributed by atoms with Crippen molar-refractivity contribution in [2.24, 2.45) is 5.73 Å². The normalized spacial score (nSPS) is 24.4. The van der Waals surface area contributed by atoms with Crippen LogP contribution in [0.1, 0.15) is 39.5 Å². The van der Waals surface area contributed by atoms with Gasteiger partial charge in [0.05, 0.1) is 12.2 Å². The van der Waals surface area contributed by atoms with Gasteiger partial charge in [-0.15, -0.1) is 0 Å². The predicted octanol–water partition coefficient (Wildman–Crippen LogP) is -2.66. The van der Waals surface area contributed by atoms with Crippen LogP contribution in [0.25, 0.3) is 0 Å². The quantitative estimate of drug-likeness (QED) is 0.226. The summed E-state index contributed by atoms with van der Waals surface area (Å²) < 4.78 is 0. The molecule has 0 bridgehead atoms. The van der Waals surface area contributed by atoms with E-state index in [-0.39, 0.29) is 13.1 Å². The number of aliphatic hydroxyl groups is 2. The molecule has 2 rings (SSSR count). The predicted molar refractivity (Wildman–Crippen MR) is 109 cm³/mol. The third-order valence-electron chi connectivity index (χ3n) is 5.77. The van der Waals surface area contributed by atoms with Gasteiger partial charge < -0.3 is 41.5 Å². The van der Waals surface area contributed by atoms with Gasteiger partial charge in [-0.05, 0) is 39.5 Å². The van der Waals surface area contributed by atoms with Gasteiger partial charge in [0.25, 0.3) is 0 Å². The molecule has 6 atom stereocenters. The van der Waals surface area contributed by atoms with E-state index >= 15 is 0 Å². The van der Waals surface area contributed by atoms with Gasteiger partial charge in [0.2, 0.25) is 23.6 Å². The monoisotopic (exact) mass is 457 g/mol. The van der Waals surface area contributed by atoms with Crippen LogP contribution >= 0.6 is 0 Å². The molecule has 0 radical (unpaired) electrons. The van der Waals surface area contributed by atoms with Gasteiger partial charge in [0.1, 0.15) is 24.2 Å². The van der Waals surface area contributed by atoms with Gasteiger partial charge >= 0.3 is 6.09 Å². The summed E-state index contributed by atoms with van der Waals surface area (Å²) >= 11 is 0. The molecule has 7 N–H and O–H groups in total. The highest BCUT2D eigenvalue weighted by Crippen LogP contribution is 2.26. The van der Waals surface area contributed by atoms with E-state index in [1.807, 2.05) is 5.32 Å². The van der Waals surface area contributed by atoms with Gasteiger partial charge in [-0.2, -0.15) is 0 Å². The number of nitrogens with zero attached hydrogens (tertiary/aromatic N) is 2. The maximum atomic E-state index is 13.3. The fourth-order valence-electron chi connectivity index (χ4n) is 4.16. The van der Waals surface area contributed by atoms with Crippen molar-refractivity contribution in [1.82, 2.24) is 20.4 Å². The summed E-state index contributed by atoms with van der Waals surface area (Å²) in [5.41, 5.74) is 5.21. The van der Waals surface area contributed by atoms with Crippen molar-refractivity contribution in [3.63, 3.8) is 0 Å². The van der Waals surface area contributed by atoms with Crippen molar-refractivity contribution >= 4 is 29.7 Å². The van der Waals surface area contributed by atoms with Crippen LogP contribution in [-0.2, 0) is 19.2 Å². The molecule has 2 heterocycles. The molecule has 0 saturated carbocycles. The van der Waals surface area contributed by atoms with Crippen LogP contribution in [0.3, 0.4) is 0 Å². The molecule has 0 aliphatic carbocycles. The minimum absolute atomic E-state index is 0.205. The molecule has 13 heteroatoms. The number of carbonyl (C=O) groups is 5. The second kappa shape index (κ2) is 10.6. The Bertz CT molecular complexity index is 758. The van der Waals surface area contributed by atoms with E-state index < -0.39 is 66.1 Å². The molecule has 2 aliphatic rings. The summed E-state index contributed by atoms with van der Waals surface area (Å²) in [5, 5.41) is 32.8. The highest BCUT2D eigenvalue weighted by atomic mass is 16.4. The van der Waals surface area contributed by atoms with Crippen LogP contribution in [0.2, 0.25) is 0 Å². The highest BCUT2D eigenvalue weighted by molar-refractivity contribution is 5.96. The number of aliphatic hydroxyl groups excluding tert-OH is 2. The van der Waals surface area contributed by atoms with Crippen LogP contribution in [0.15, 0.2) is 0 Å². The number of hydrogen-bond donors (Lipinski definition) is 6. The Morgan fingerprint density at radius 3 is 1.91 bits per heavy atom. The lowest BCUT2D eigenvalue weighted by Gasteiger charge is -2.33. The summed E-state index contributed by atoms with van der Waals surface area (Å²) in [6, 6.07) is -4.54. The summed E-state index contributed by atoms with van der Waals surface area (Å²) in [6.45, 7) is 3.04. The van der Waals surface area contributed by atoms with E-state index in [9.17, 15) is 34.2 Å². The fraction of sp³-hybridized carbons (Fsp3) is 0.737. The molecule has 2 fully saturated rings. The number of likely N-dealkylation sites (tertiary alicyclic amines) is 2. The van der Waals surface area contributed by atoms with Crippen LogP contribution in [0.5, 0.6) is 0 Å². The number of nitrogens with two attached hydrogens (primary N) is 1. The number of rotatable bonds is 8. The average Bonchev–Trinajstić information content (AvgIpc) is 3.37. The first-order valence-corrected chi connectivity index (χ1v) is 10.5. The molecule has 0 unspecified atom stereocenters. The third-order valence-corrected chi connectivity index (χ3v) is 5.77. The topological polar surface area (TPSA) is 203 Å². The Morgan fingerprint density at radius 1 is 0.875 bits per heavy atom. The van der Waals surface area contributed by atoms with Crippen LogP contribution < -0.4 is 16.4 Å². The zero-order valence-electron chi connectivity index (χ0n) is 18.1. The second-order valence-corrected chi connectivity index (χ2v) is 8.18. The molecule has 32 heavy (non-hydrogen) atoms. The minimum Gasteiger partial charge on any atom is -0.465 e. The van der Waals surface area contributed by atoms with E-state index in [4.69, 9.17) is 10.8 Å². The molecule has 2 saturated heterocycles. The van der Waals surface area contributed by atoms with E-state index in [1.165, 1.54) is 23.6 Å². The first-order chi connectivity index (χ1) is 15.0. The number of carbonyl (C=O) groups excluding carboxylic acids is 4. The molecular weight excluding hydrogens is 426 g/mol. The van der Waals surface area contributed by atoms with E-state index in [2.05, 4.69) is 5.32 Å². The van der Waals surface area contributed by atoms with Gasteiger partial charge in [-0.25, -0.2) is 4.79 Å². The first kappa shape index (κ1) is 25.3. The Morgan fingerprint density at radius 2 is 1.41 bits per heavy atom. The van der Waals surface area contributed by atoms with Crippen LogP contribution in [-0.4, -0.2) is 104 Å². The smallest absolute Gasteiger partial charge is 0.405 e. The SMILES string of the molecule is C[C@@H](O)[C@H](NC(=O)[C@H]1CCCN1C(=O)[C@@H]1CCCN1C(=O)[C@@H](NC(=O)O)[C@@H](C)O)C(N)=O. The zero-order chi connectivity index (χ0) is 24.2. The van der Waals surface area contributed by atoms with Crippen molar-refractivity contribution in [1.29, 1.82) is 0 Å². The summed E-state index contributed by atoms with van der Waals surface area (Å²) in [6.07, 6.45) is -2.33. The molecule has 0 spiro atoms. The average molecular weight is 457 g/mol. The van der Waals surface area contributed by atoms with Crippen molar-refractivity contribution < 1.29 is 39.3 Å². The summed E-state index contributed by atoms with van der Waals surface area (Å²) in [7, 11) is 0. The van der Waals surface area contributed by atoms with Crippen LogP contribution in [0, 0.1) is 0 Å². The maximum Gasteiger partial charge on any atom is 0.405 e. The third kappa shape index (κ3) is 5.65. The zero-order valence-corrected chi connectivity index (χ0v) is 18.1. The largest absolute Gasteiger partial charge is 0.465 e. The van der Waals surface area contributed by atoms with E-state index in [0.717, 1.165) is 0 Å². The van der Waals surface area contributed by atoms with Crippen molar-refractivity contribution in [2.75, 3.05) is 13.1 Å². The molecule has 13 nitrogen and oxygen atoms in total. The Labute approximate surface area is 184 Å². The fourth-order valence-corrected chi connectivity index (χ4v) is 4.16. The second-order valence-electron chi connectivity index (χ2n) is 8.18. The van der Waals surface area contributed by atoms with E-state index in [0.29, 0.717) is 25.7 Å². The Hall–Kier alpha value is -2.93. The molecule has 0 aromatic heterocycles. The lowest BCUT2D eigenvalue weighted by atomic mass is 10.1. The standard InChI is InChI=1S/C19H31N5O8/c1-9(25)13(15(20)27)21-16(28)11-5-3-7-23(11)17(29)12-6-4-8-24(12)18(30)14(10(2)26)22-19(31)32/h9-14,22,25-26H,3-8H2,1-2H3,(H2,20,27)(H,21,28)(H,31,32)/t9-,10-,11-,12+,13+,14+/m1/s1. The lowest BCUT2D eigenvalue weighted by molar-refractivity contribution is -0.148. The number of nitrogens with one attached hydrogen (secondary N) is 2. The lowest BCUT2D eigenvalue weighted by Crippen LogP contribution is -2.59. The molecule has 0 aromatic carbocycles. The van der Waals surface area contributed by atoms with Crippen molar-refractivity contribution in [3.05, 3.63) is 0 Å². The van der Waals surface area contributed by atoms with E-state index in [1.54, 1.807) is 0 Å². The van der Waals surface area contributed by atoms with Gasteiger partial charge in [0, 0.05) is 13.1 Å². The summed E-state index contributed by atoms with van der Waals surface area (Å²) in [5.74, 6) is -2.74. The maximum absolute atomic E-state index is 13.3. The van der Waals surface area contributed by atoms with Gasteiger partial charge in [-0.1, -0.05) is 0 Å². The number of hydrogen-bond acceptors (Lipinski definition) is 7. The van der Waals surface area contributed by atoms with Crippen molar-refractivity contribution in [2.45, 2.75) is 75.9 Å². The Balaban J connectivity index is 2.15. The molecule has 5 amide bonds. The molecule has 180 valence electrons.